The van der Waals surface area contributed by atoms with Crippen LogP contribution in [0.4, 0.5) is 0 Å². The first-order valence-electron chi connectivity index (χ1n) is 4.96. The van der Waals surface area contributed by atoms with Crippen LogP contribution in [0.1, 0.15) is 36.9 Å². The lowest BCUT2D eigenvalue weighted by Gasteiger charge is -2.23. The van der Waals surface area contributed by atoms with Gasteiger partial charge in [0.25, 0.3) is 0 Å². The van der Waals surface area contributed by atoms with E-state index in [2.05, 4.69) is 18.2 Å². The molecule has 0 radical (unpaired) electrons. The zero-order valence-corrected chi connectivity index (χ0v) is 8.33. The molecule has 72 valence electrons. The van der Waals surface area contributed by atoms with Gasteiger partial charge < -0.3 is 5.73 Å². The van der Waals surface area contributed by atoms with Crippen molar-refractivity contribution in [1.82, 2.24) is 9.78 Å². The summed E-state index contributed by atoms with van der Waals surface area (Å²) in [5.41, 5.74) is 8.58. The fourth-order valence-electron chi connectivity index (χ4n) is 2.22. The molecule has 0 saturated heterocycles. The van der Waals surface area contributed by atoms with E-state index in [0.29, 0.717) is 5.92 Å². The predicted octanol–water partition coefficient (Wildman–Crippen LogP) is 1.19. The minimum atomic E-state index is 0.231. The lowest BCUT2D eigenvalue weighted by atomic mass is 9.84. The smallest absolute Gasteiger partial charge is 0.0702 e. The Balaban J connectivity index is 2.36. The fraction of sp³-hybridized carbons (Fsp3) is 0.700. The van der Waals surface area contributed by atoms with Crippen LogP contribution in [0.3, 0.4) is 0 Å². The van der Waals surface area contributed by atoms with E-state index in [4.69, 9.17) is 5.73 Å². The number of nitrogens with two attached hydrogens (primary N) is 1. The molecular formula is C10H17N3. The van der Waals surface area contributed by atoms with Gasteiger partial charge in [-0.3, -0.25) is 4.68 Å². The summed E-state index contributed by atoms with van der Waals surface area (Å²) in [6, 6.07) is 0.231. The van der Waals surface area contributed by atoms with E-state index >= 15 is 0 Å². The average molecular weight is 179 g/mol. The highest BCUT2D eigenvalue weighted by atomic mass is 15.3. The summed E-state index contributed by atoms with van der Waals surface area (Å²) in [7, 11) is 1.98. The maximum atomic E-state index is 5.94. The maximum absolute atomic E-state index is 5.94. The number of nitrogens with zero attached hydrogens (tertiary/aromatic N) is 2. The minimum Gasteiger partial charge on any atom is -0.327 e. The molecule has 1 aromatic rings. The zero-order valence-electron chi connectivity index (χ0n) is 8.33. The third kappa shape index (κ3) is 1.48. The standard InChI is InChI=1S/C10H17N3/c1-7(11)9-5-3-4-8-6-13(2)12-10(8)9/h6-7,9H,3-5,11H2,1-2H3. The number of fused-ring (bicyclic) bond motifs is 1. The van der Waals surface area contributed by atoms with E-state index in [1.165, 1.54) is 30.5 Å². The van der Waals surface area contributed by atoms with E-state index in [0.717, 1.165) is 0 Å². The largest absolute Gasteiger partial charge is 0.327 e. The second kappa shape index (κ2) is 3.14. The van der Waals surface area contributed by atoms with Crippen molar-refractivity contribution in [3.63, 3.8) is 0 Å². The van der Waals surface area contributed by atoms with Crippen molar-refractivity contribution in [2.24, 2.45) is 12.8 Å². The van der Waals surface area contributed by atoms with Gasteiger partial charge in [0.2, 0.25) is 0 Å². The molecule has 2 atom stereocenters. The molecule has 1 heterocycles. The molecule has 0 fully saturated rings. The van der Waals surface area contributed by atoms with Crippen molar-refractivity contribution in [2.75, 3.05) is 0 Å². The summed E-state index contributed by atoms with van der Waals surface area (Å²) in [6.07, 6.45) is 5.75. The topological polar surface area (TPSA) is 43.8 Å². The Kier molecular flexibility index (Phi) is 2.12. The molecular weight excluding hydrogens is 162 g/mol. The summed E-state index contributed by atoms with van der Waals surface area (Å²) in [6.45, 7) is 2.08. The van der Waals surface area contributed by atoms with Gasteiger partial charge in [-0.1, -0.05) is 0 Å². The van der Waals surface area contributed by atoms with Crippen LogP contribution in [-0.4, -0.2) is 15.8 Å². The van der Waals surface area contributed by atoms with Crippen molar-refractivity contribution in [3.8, 4) is 0 Å². The molecule has 0 saturated carbocycles. The highest BCUT2D eigenvalue weighted by molar-refractivity contribution is 5.25. The molecule has 3 heteroatoms. The molecule has 13 heavy (non-hydrogen) atoms. The van der Waals surface area contributed by atoms with Crippen LogP contribution in [0.5, 0.6) is 0 Å². The van der Waals surface area contributed by atoms with Gasteiger partial charge in [-0.2, -0.15) is 5.10 Å². The lowest BCUT2D eigenvalue weighted by molar-refractivity contribution is 0.472. The summed E-state index contributed by atoms with van der Waals surface area (Å²) < 4.78 is 1.91. The Bertz CT molecular complexity index is 301. The molecule has 1 aromatic heterocycles. The Labute approximate surface area is 78.9 Å². The average Bonchev–Trinajstić information content (AvgIpc) is 2.43. The van der Waals surface area contributed by atoms with Crippen LogP contribution in [0.2, 0.25) is 0 Å². The quantitative estimate of drug-likeness (QED) is 0.703. The Morgan fingerprint density at radius 2 is 2.46 bits per heavy atom. The molecule has 0 amide bonds. The lowest BCUT2D eigenvalue weighted by Crippen LogP contribution is -2.27. The number of aromatic nitrogens is 2. The Hall–Kier alpha value is -0.830. The van der Waals surface area contributed by atoms with E-state index < -0.39 is 0 Å². The van der Waals surface area contributed by atoms with Crippen LogP contribution in [0.15, 0.2) is 6.20 Å². The predicted molar refractivity (Wildman–Crippen MR) is 52.5 cm³/mol. The second-order valence-electron chi connectivity index (χ2n) is 4.07. The van der Waals surface area contributed by atoms with Crippen molar-refractivity contribution in [1.29, 1.82) is 0 Å². The van der Waals surface area contributed by atoms with E-state index in [9.17, 15) is 0 Å². The van der Waals surface area contributed by atoms with Crippen LogP contribution < -0.4 is 5.73 Å². The van der Waals surface area contributed by atoms with Crippen LogP contribution in [0, 0.1) is 0 Å². The van der Waals surface area contributed by atoms with Crippen molar-refractivity contribution >= 4 is 0 Å². The summed E-state index contributed by atoms with van der Waals surface area (Å²) in [5.74, 6) is 0.477. The Morgan fingerprint density at radius 1 is 1.69 bits per heavy atom. The number of hydrogen-bond acceptors (Lipinski definition) is 2. The molecule has 0 spiro atoms. The third-order valence-electron chi connectivity index (χ3n) is 2.88. The second-order valence-corrected chi connectivity index (χ2v) is 4.07. The fourth-order valence-corrected chi connectivity index (χ4v) is 2.22. The Morgan fingerprint density at radius 3 is 3.15 bits per heavy atom. The van der Waals surface area contributed by atoms with Gasteiger partial charge in [0, 0.05) is 25.2 Å². The van der Waals surface area contributed by atoms with Gasteiger partial charge in [-0.25, -0.2) is 0 Å². The summed E-state index contributed by atoms with van der Waals surface area (Å²) >= 11 is 0. The van der Waals surface area contributed by atoms with Crippen LogP contribution in [-0.2, 0) is 13.5 Å². The number of rotatable bonds is 1. The van der Waals surface area contributed by atoms with Gasteiger partial charge in [0.1, 0.15) is 0 Å². The monoisotopic (exact) mass is 179 g/mol. The van der Waals surface area contributed by atoms with Crippen molar-refractivity contribution < 1.29 is 0 Å². The zero-order chi connectivity index (χ0) is 9.42. The molecule has 0 aromatic carbocycles. The normalized spacial score (nSPS) is 24.1. The molecule has 3 nitrogen and oxygen atoms in total. The van der Waals surface area contributed by atoms with Crippen molar-refractivity contribution in [3.05, 3.63) is 17.5 Å². The summed E-state index contributed by atoms with van der Waals surface area (Å²) in [5, 5.41) is 4.49. The van der Waals surface area contributed by atoms with Gasteiger partial charge in [0.15, 0.2) is 0 Å². The van der Waals surface area contributed by atoms with Gasteiger partial charge in [-0.15, -0.1) is 0 Å². The van der Waals surface area contributed by atoms with Crippen LogP contribution in [0.25, 0.3) is 0 Å². The number of aryl methyl sites for hydroxylation is 2. The maximum Gasteiger partial charge on any atom is 0.0702 e. The SMILES string of the molecule is CC(N)C1CCCc2cn(C)nc21. The first-order chi connectivity index (χ1) is 6.18. The summed E-state index contributed by atoms with van der Waals surface area (Å²) in [4.78, 5) is 0. The molecule has 2 unspecified atom stereocenters. The van der Waals surface area contributed by atoms with E-state index in [-0.39, 0.29) is 6.04 Å². The molecule has 2 rings (SSSR count). The molecule has 1 aliphatic rings. The molecule has 2 N–H and O–H groups in total. The van der Waals surface area contributed by atoms with Gasteiger partial charge in [0.05, 0.1) is 5.69 Å². The molecule has 0 bridgehead atoms. The van der Waals surface area contributed by atoms with Crippen LogP contribution >= 0.6 is 0 Å². The van der Waals surface area contributed by atoms with E-state index in [1.807, 2.05) is 11.7 Å². The first-order valence-corrected chi connectivity index (χ1v) is 4.96. The van der Waals surface area contributed by atoms with Gasteiger partial charge >= 0.3 is 0 Å². The van der Waals surface area contributed by atoms with Gasteiger partial charge in [-0.05, 0) is 31.7 Å². The third-order valence-corrected chi connectivity index (χ3v) is 2.88. The highest BCUT2D eigenvalue weighted by Gasteiger charge is 2.25. The van der Waals surface area contributed by atoms with E-state index in [1.54, 1.807) is 0 Å². The highest BCUT2D eigenvalue weighted by Crippen LogP contribution is 2.31. The number of hydrogen-bond donors (Lipinski definition) is 1. The molecule has 0 aliphatic heterocycles. The minimum absolute atomic E-state index is 0.231. The first kappa shape index (κ1) is 8.75. The van der Waals surface area contributed by atoms with Crippen molar-refractivity contribution in [2.45, 2.75) is 38.1 Å². The molecule has 1 aliphatic carbocycles.